The monoisotopic (exact) mass is 424 g/mol. The fourth-order valence-corrected chi connectivity index (χ4v) is 3.34. The predicted octanol–water partition coefficient (Wildman–Crippen LogP) is 1.36. The Kier molecular flexibility index (Phi) is 5.30. The summed E-state index contributed by atoms with van der Waals surface area (Å²) in [6.07, 6.45) is 0. The summed E-state index contributed by atoms with van der Waals surface area (Å²) < 4.78 is 1.48. The first-order chi connectivity index (χ1) is 14.5. The van der Waals surface area contributed by atoms with Gasteiger partial charge in [0.1, 0.15) is 0 Å². The molecule has 0 fully saturated rings. The largest absolute Gasteiger partial charge is 0.325 e. The van der Waals surface area contributed by atoms with Gasteiger partial charge in [0.25, 0.3) is 5.91 Å². The number of H-pyrrole nitrogens is 2. The lowest BCUT2D eigenvalue weighted by Crippen LogP contribution is -2.15. The number of thioether (sulfide) groups is 1. The Morgan fingerprint density at radius 3 is 2.50 bits per heavy atom. The van der Waals surface area contributed by atoms with Crippen molar-refractivity contribution in [2.24, 2.45) is 7.05 Å². The van der Waals surface area contributed by atoms with Crippen molar-refractivity contribution >= 4 is 46.0 Å². The number of tetrazole rings is 1. The Labute approximate surface area is 173 Å². The van der Waals surface area contributed by atoms with E-state index in [0.29, 0.717) is 33.1 Å². The fraction of sp³-hybridized carbons (Fsp3) is 0.111. The molecule has 0 saturated carbocycles. The van der Waals surface area contributed by atoms with E-state index < -0.39 is 0 Å². The van der Waals surface area contributed by atoms with E-state index in [2.05, 4.69) is 36.1 Å². The van der Waals surface area contributed by atoms with Crippen molar-refractivity contribution < 1.29 is 9.59 Å². The maximum atomic E-state index is 12.5. The highest BCUT2D eigenvalue weighted by molar-refractivity contribution is 7.99. The Balaban J connectivity index is 1.34. The normalized spacial score (nSPS) is 10.8. The van der Waals surface area contributed by atoms with Crippen molar-refractivity contribution in [2.75, 3.05) is 16.4 Å². The van der Waals surface area contributed by atoms with E-state index in [1.165, 1.54) is 16.4 Å². The molecule has 2 aromatic heterocycles. The number of nitrogens with zero attached hydrogens (tertiary/aromatic N) is 4. The van der Waals surface area contributed by atoms with Gasteiger partial charge in [-0.15, -0.1) is 5.10 Å². The van der Waals surface area contributed by atoms with E-state index in [0.717, 1.165) is 0 Å². The molecule has 0 atom stereocenters. The molecule has 4 rings (SSSR count). The fourth-order valence-electron chi connectivity index (χ4n) is 2.69. The number of aromatic nitrogens is 6. The molecule has 30 heavy (non-hydrogen) atoms. The van der Waals surface area contributed by atoms with Crippen LogP contribution in [-0.2, 0) is 11.8 Å². The van der Waals surface area contributed by atoms with Gasteiger partial charge >= 0.3 is 5.69 Å². The van der Waals surface area contributed by atoms with Crippen LogP contribution in [0.3, 0.4) is 0 Å². The summed E-state index contributed by atoms with van der Waals surface area (Å²) in [5.41, 5.74) is 2.50. The van der Waals surface area contributed by atoms with Crippen molar-refractivity contribution in [3.05, 3.63) is 58.5 Å². The van der Waals surface area contributed by atoms with E-state index in [4.69, 9.17) is 0 Å². The van der Waals surface area contributed by atoms with E-state index in [1.54, 1.807) is 49.5 Å². The second-order valence-corrected chi connectivity index (χ2v) is 7.24. The first kappa shape index (κ1) is 19.4. The number of benzene rings is 2. The number of rotatable bonds is 6. The quantitative estimate of drug-likeness (QED) is 0.341. The number of anilines is 2. The number of aryl methyl sites for hydroxylation is 1. The number of fused-ring (bicyclic) bond motifs is 1. The lowest BCUT2D eigenvalue weighted by atomic mass is 10.2. The van der Waals surface area contributed by atoms with Gasteiger partial charge in [-0.1, -0.05) is 11.8 Å². The van der Waals surface area contributed by atoms with Crippen molar-refractivity contribution in [3.63, 3.8) is 0 Å². The van der Waals surface area contributed by atoms with Crippen LogP contribution in [0.25, 0.3) is 11.0 Å². The third-order valence-electron chi connectivity index (χ3n) is 4.12. The van der Waals surface area contributed by atoms with Gasteiger partial charge < -0.3 is 20.6 Å². The smallest absolute Gasteiger partial charge is 0.323 e. The van der Waals surface area contributed by atoms with Gasteiger partial charge in [-0.05, 0) is 52.9 Å². The lowest BCUT2D eigenvalue weighted by molar-refractivity contribution is -0.113. The molecule has 4 aromatic rings. The number of imidazole rings is 1. The Hall–Kier alpha value is -3.93. The summed E-state index contributed by atoms with van der Waals surface area (Å²) in [7, 11) is 1.69. The molecule has 0 unspecified atom stereocenters. The Morgan fingerprint density at radius 1 is 1.03 bits per heavy atom. The van der Waals surface area contributed by atoms with Crippen LogP contribution in [-0.4, -0.2) is 47.7 Å². The zero-order chi connectivity index (χ0) is 21.1. The van der Waals surface area contributed by atoms with Gasteiger partial charge in [0.15, 0.2) is 0 Å². The molecule has 152 valence electrons. The third kappa shape index (κ3) is 4.38. The Bertz CT molecular complexity index is 1270. The van der Waals surface area contributed by atoms with Gasteiger partial charge in [-0.25, -0.2) is 9.48 Å². The molecular weight excluding hydrogens is 408 g/mol. The first-order valence-corrected chi connectivity index (χ1v) is 9.75. The molecule has 2 heterocycles. The zero-order valence-corrected chi connectivity index (χ0v) is 16.5. The number of amides is 2. The van der Waals surface area contributed by atoms with Crippen LogP contribution in [0.5, 0.6) is 0 Å². The average Bonchev–Trinajstić information content (AvgIpc) is 3.30. The van der Waals surface area contributed by atoms with E-state index in [-0.39, 0.29) is 23.3 Å². The molecule has 2 aromatic carbocycles. The van der Waals surface area contributed by atoms with Gasteiger partial charge in [-0.2, -0.15) is 0 Å². The van der Waals surface area contributed by atoms with Gasteiger partial charge in [0.2, 0.25) is 11.1 Å². The van der Waals surface area contributed by atoms with E-state index in [1.807, 2.05) is 0 Å². The number of aromatic amines is 2. The average molecular weight is 424 g/mol. The minimum absolute atomic E-state index is 0.153. The number of nitrogens with one attached hydrogen (secondary N) is 4. The lowest BCUT2D eigenvalue weighted by Gasteiger charge is -2.08. The van der Waals surface area contributed by atoms with E-state index in [9.17, 15) is 14.4 Å². The summed E-state index contributed by atoms with van der Waals surface area (Å²) in [5, 5.41) is 17.1. The topological polar surface area (TPSA) is 150 Å². The molecule has 0 aliphatic carbocycles. The van der Waals surface area contributed by atoms with Gasteiger partial charge in [-0.3, -0.25) is 9.59 Å². The summed E-state index contributed by atoms with van der Waals surface area (Å²) in [5.74, 6) is -0.371. The molecule has 0 bridgehead atoms. The maximum absolute atomic E-state index is 12.5. The number of carbonyl (C=O) groups is 2. The summed E-state index contributed by atoms with van der Waals surface area (Å²) in [6.45, 7) is 0. The third-order valence-corrected chi connectivity index (χ3v) is 5.13. The van der Waals surface area contributed by atoms with Crippen molar-refractivity contribution in [3.8, 4) is 0 Å². The van der Waals surface area contributed by atoms with Crippen LogP contribution in [0.2, 0.25) is 0 Å². The highest BCUT2D eigenvalue weighted by Crippen LogP contribution is 2.17. The Morgan fingerprint density at radius 2 is 1.77 bits per heavy atom. The molecule has 12 heteroatoms. The zero-order valence-electron chi connectivity index (χ0n) is 15.7. The van der Waals surface area contributed by atoms with Gasteiger partial charge in [0.05, 0.1) is 16.8 Å². The molecule has 4 N–H and O–H groups in total. The molecule has 0 aliphatic rings. The molecule has 2 amide bonds. The molecule has 0 saturated heterocycles. The second kappa shape index (κ2) is 8.21. The van der Waals surface area contributed by atoms with Crippen LogP contribution in [0, 0.1) is 0 Å². The van der Waals surface area contributed by atoms with Crippen LogP contribution >= 0.6 is 11.8 Å². The molecular formula is C18H16N8O3S. The number of hydrogen-bond acceptors (Lipinski definition) is 7. The SMILES string of the molecule is Cn1nnnc1SCC(=O)Nc1ccc(C(=O)Nc2ccc3[nH]c(=O)[nH]c3c2)cc1. The summed E-state index contributed by atoms with van der Waals surface area (Å²) in [6, 6.07) is 11.6. The molecule has 0 spiro atoms. The highest BCUT2D eigenvalue weighted by atomic mass is 32.2. The van der Waals surface area contributed by atoms with Crippen molar-refractivity contribution in [1.29, 1.82) is 0 Å². The highest BCUT2D eigenvalue weighted by Gasteiger charge is 2.10. The van der Waals surface area contributed by atoms with Crippen LogP contribution < -0.4 is 16.3 Å². The van der Waals surface area contributed by atoms with Crippen LogP contribution in [0.4, 0.5) is 11.4 Å². The maximum Gasteiger partial charge on any atom is 0.323 e. The van der Waals surface area contributed by atoms with Crippen molar-refractivity contribution in [1.82, 2.24) is 30.2 Å². The number of hydrogen-bond donors (Lipinski definition) is 4. The van der Waals surface area contributed by atoms with Gasteiger partial charge in [0, 0.05) is 24.0 Å². The first-order valence-electron chi connectivity index (χ1n) is 8.76. The standard InChI is InChI=1S/C18H16N8O3S/c1-26-18(23-24-25-26)30-9-15(27)19-11-4-2-10(3-5-11)16(28)20-12-6-7-13-14(8-12)22-17(29)21-13/h2-8H,9H2,1H3,(H,19,27)(H,20,28)(H2,21,22,29). The summed E-state index contributed by atoms with van der Waals surface area (Å²) >= 11 is 1.22. The minimum Gasteiger partial charge on any atom is -0.325 e. The predicted molar refractivity (Wildman–Crippen MR) is 111 cm³/mol. The summed E-state index contributed by atoms with van der Waals surface area (Å²) in [4.78, 5) is 41.1. The van der Waals surface area contributed by atoms with Crippen LogP contribution in [0.15, 0.2) is 52.4 Å². The van der Waals surface area contributed by atoms with E-state index >= 15 is 0 Å². The number of carbonyl (C=O) groups excluding carboxylic acids is 2. The molecule has 11 nitrogen and oxygen atoms in total. The second-order valence-electron chi connectivity index (χ2n) is 6.29. The van der Waals surface area contributed by atoms with Crippen molar-refractivity contribution in [2.45, 2.75) is 5.16 Å². The molecule has 0 radical (unpaired) electrons. The van der Waals surface area contributed by atoms with Crippen LogP contribution in [0.1, 0.15) is 10.4 Å². The minimum atomic E-state index is -0.310. The molecule has 0 aliphatic heterocycles.